The summed E-state index contributed by atoms with van der Waals surface area (Å²) in [6.45, 7) is 8.06. The molecule has 1 aliphatic carbocycles. The maximum absolute atomic E-state index is 5.90. The summed E-state index contributed by atoms with van der Waals surface area (Å²) in [4.78, 5) is 0. The predicted molar refractivity (Wildman–Crippen MR) is 76.1 cm³/mol. The van der Waals surface area contributed by atoms with Gasteiger partial charge in [-0.1, -0.05) is 0 Å². The van der Waals surface area contributed by atoms with Crippen molar-refractivity contribution in [3.8, 4) is 0 Å². The molecule has 5 heteroatoms. The molecule has 19 heavy (non-hydrogen) atoms. The first-order valence-electron chi connectivity index (χ1n) is 7.80. The van der Waals surface area contributed by atoms with Crippen LogP contribution in [0.4, 0.5) is 0 Å². The first-order chi connectivity index (χ1) is 9.23. The Kier molecular flexibility index (Phi) is 5.83. The predicted octanol–water partition coefficient (Wildman–Crippen LogP) is 2.99. The van der Waals surface area contributed by atoms with E-state index in [2.05, 4.69) is 0 Å². The lowest BCUT2D eigenvalue weighted by molar-refractivity contribution is 0.0691. The van der Waals surface area contributed by atoms with E-state index in [9.17, 15) is 0 Å². The van der Waals surface area contributed by atoms with E-state index in [0.29, 0.717) is 32.0 Å². The molecule has 4 nitrogen and oxygen atoms in total. The second-order valence-electron chi connectivity index (χ2n) is 5.41. The monoisotopic (exact) mass is 288 g/mol. The van der Waals surface area contributed by atoms with Crippen LogP contribution in [0.1, 0.15) is 46.5 Å². The van der Waals surface area contributed by atoms with Crippen LogP contribution in [0.25, 0.3) is 0 Å². The van der Waals surface area contributed by atoms with Crippen LogP contribution >= 0.6 is 0 Å². The van der Waals surface area contributed by atoms with Crippen molar-refractivity contribution in [2.45, 2.75) is 64.7 Å². The second kappa shape index (κ2) is 7.18. The third-order valence-electron chi connectivity index (χ3n) is 4.06. The van der Waals surface area contributed by atoms with Gasteiger partial charge in [0.2, 0.25) is 0 Å². The standard InChI is InChI=1S/C14H28O4Si/c1-4-15-19(16-5-2,17-6-3)10-9-12-7-8-13-14(11-12)18-13/h12-14H,4-11H2,1-3H3/t12-,13-,14-/m0/s1. The third kappa shape index (κ3) is 4.26. The van der Waals surface area contributed by atoms with Gasteiger partial charge in [0.05, 0.1) is 12.2 Å². The zero-order chi connectivity index (χ0) is 13.7. The fourth-order valence-electron chi connectivity index (χ4n) is 3.13. The van der Waals surface area contributed by atoms with Crippen molar-refractivity contribution in [3.05, 3.63) is 0 Å². The zero-order valence-electron chi connectivity index (χ0n) is 12.5. The molecule has 0 N–H and O–H groups in total. The molecule has 1 saturated carbocycles. The summed E-state index contributed by atoms with van der Waals surface area (Å²) in [6, 6.07) is 0.949. The lowest BCUT2D eigenvalue weighted by Gasteiger charge is -2.30. The topological polar surface area (TPSA) is 40.2 Å². The molecule has 0 amide bonds. The zero-order valence-corrected chi connectivity index (χ0v) is 13.5. The van der Waals surface area contributed by atoms with Crippen LogP contribution in [0, 0.1) is 5.92 Å². The number of fused-ring (bicyclic) bond motifs is 1. The molecule has 0 unspecified atom stereocenters. The Labute approximate surface area is 118 Å². The van der Waals surface area contributed by atoms with Gasteiger partial charge in [-0.2, -0.15) is 0 Å². The summed E-state index contributed by atoms with van der Waals surface area (Å²) in [5.74, 6) is 0.761. The lowest BCUT2D eigenvalue weighted by atomic mass is 9.88. The van der Waals surface area contributed by atoms with Gasteiger partial charge in [0.25, 0.3) is 0 Å². The summed E-state index contributed by atoms with van der Waals surface area (Å²) < 4.78 is 23.3. The first-order valence-corrected chi connectivity index (χ1v) is 9.73. The Morgan fingerprint density at radius 1 is 0.947 bits per heavy atom. The highest BCUT2D eigenvalue weighted by molar-refractivity contribution is 6.60. The quantitative estimate of drug-likeness (QED) is 0.483. The molecule has 1 saturated heterocycles. The van der Waals surface area contributed by atoms with Crippen molar-refractivity contribution in [1.82, 2.24) is 0 Å². The molecular formula is C14H28O4Si. The molecule has 0 aromatic heterocycles. The molecular weight excluding hydrogens is 260 g/mol. The van der Waals surface area contributed by atoms with Crippen molar-refractivity contribution in [2.24, 2.45) is 5.92 Å². The number of hydrogen-bond acceptors (Lipinski definition) is 4. The minimum Gasteiger partial charge on any atom is -0.374 e. The highest BCUT2D eigenvalue weighted by atomic mass is 28.4. The van der Waals surface area contributed by atoms with Crippen molar-refractivity contribution >= 4 is 8.80 Å². The summed E-state index contributed by atoms with van der Waals surface area (Å²) in [6.07, 6.45) is 6.04. The summed E-state index contributed by atoms with van der Waals surface area (Å²) in [7, 11) is -2.43. The van der Waals surface area contributed by atoms with Gasteiger partial charge in [0.1, 0.15) is 0 Å². The van der Waals surface area contributed by atoms with E-state index in [1.54, 1.807) is 0 Å². The molecule has 0 aromatic carbocycles. The fourth-order valence-corrected chi connectivity index (χ4v) is 5.90. The van der Waals surface area contributed by atoms with Gasteiger partial charge in [-0.25, -0.2) is 0 Å². The van der Waals surface area contributed by atoms with E-state index in [4.69, 9.17) is 18.0 Å². The fraction of sp³-hybridized carbons (Fsp3) is 1.00. The summed E-state index contributed by atoms with van der Waals surface area (Å²) >= 11 is 0. The van der Waals surface area contributed by atoms with Crippen molar-refractivity contribution in [1.29, 1.82) is 0 Å². The van der Waals surface area contributed by atoms with Crippen LogP contribution < -0.4 is 0 Å². The van der Waals surface area contributed by atoms with Crippen molar-refractivity contribution < 1.29 is 18.0 Å². The van der Waals surface area contributed by atoms with Gasteiger partial charge < -0.3 is 18.0 Å². The number of rotatable bonds is 9. The highest BCUT2D eigenvalue weighted by Gasteiger charge is 2.46. The molecule has 1 aliphatic heterocycles. The third-order valence-corrected chi connectivity index (χ3v) is 7.15. The number of hydrogen-bond donors (Lipinski definition) is 0. The minimum atomic E-state index is -2.43. The van der Waals surface area contributed by atoms with Crippen LogP contribution in [-0.4, -0.2) is 40.8 Å². The Balaban J connectivity index is 1.82. The molecule has 112 valence electrons. The second-order valence-corrected chi connectivity index (χ2v) is 8.14. The molecule has 2 rings (SSSR count). The molecule has 3 atom stereocenters. The highest BCUT2D eigenvalue weighted by Crippen LogP contribution is 2.41. The van der Waals surface area contributed by atoms with E-state index in [-0.39, 0.29) is 0 Å². The normalized spacial score (nSPS) is 30.2. The molecule has 1 heterocycles. The SMILES string of the molecule is CCO[Si](CC[C@@H]1CC[C@@H]2O[C@H]2C1)(OCC)OCC. The Morgan fingerprint density at radius 2 is 1.58 bits per heavy atom. The maximum atomic E-state index is 5.90. The molecule has 2 fully saturated rings. The average molecular weight is 288 g/mol. The summed E-state index contributed by atoms with van der Waals surface area (Å²) in [5, 5.41) is 0. The molecule has 2 aliphatic rings. The van der Waals surface area contributed by atoms with Crippen LogP contribution in [0.3, 0.4) is 0 Å². The number of epoxide rings is 1. The van der Waals surface area contributed by atoms with Gasteiger partial charge in [-0.3, -0.25) is 0 Å². The van der Waals surface area contributed by atoms with E-state index in [1.807, 2.05) is 20.8 Å². The van der Waals surface area contributed by atoms with Gasteiger partial charge in [0, 0.05) is 25.9 Å². The van der Waals surface area contributed by atoms with Crippen LogP contribution in [-0.2, 0) is 18.0 Å². The minimum absolute atomic E-state index is 0.557. The maximum Gasteiger partial charge on any atom is 0.500 e. The van der Waals surface area contributed by atoms with E-state index in [1.165, 1.54) is 19.3 Å². The van der Waals surface area contributed by atoms with Crippen LogP contribution in [0.15, 0.2) is 0 Å². The van der Waals surface area contributed by atoms with Crippen LogP contribution in [0.5, 0.6) is 0 Å². The Morgan fingerprint density at radius 3 is 2.11 bits per heavy atom. The van der Waals surface area contributed by atoms with Crippen LogP contribution in [0.2, 0.25) is 6.04 Å². The average Bonchev–Trinajstić information content (AvgIpc) is 3.16. The van der Waals surface area contributed by atoms with E-state index in [0.717, 1.165) is 18.4 Å². The number of ether oxygens (including phenoxy) is 1. The largest absolute Gasteiger partial charge is 0.500 e. The van der Waals surface area contributed by atoms with Crippen molar-refractivity contribution in [2.75, 3.05) is 19.8 Å². The van der Waals surface area contributed by atoms with Gasteiger partial charge >= 0.3 is 8.80 Å². The summed E-state index contributed by atoms with van der Waals surface area (Å²) in [5.41, 5.74) is 0. The Hall–Kier alpha value is 0.0569. The van der Waals surface area contributed by atoms with Gasteiger partial charge in [0.15, 0.2) is 0 Å². The first kappa shape index (κ1) is 15.4. The molecule has 0 spiro atoms. The van der Waals surface area contributed by atoms with Crippen molar-refractivity contribution in [3.63, 3.8) is 0 Å². The molecule has 0 radical (unpaired) electrons. The van der Waals surface area contributed by atoms with E-state index < -0.39 is 8.80 Å². The lowest BCUT2D eigenvalue weighted by Crippen LogP contribution is -2.46. The molecule has 0 bridgehead atoms. The smallest absolute Gasteiger partial charge is 0.374 e. The van der Waals surface area contributed by atoms with Gasteiger partial charge in [-0.05, 0) is 52.4 Å². The Bertz CT molecular complexity index is 257. The van der Waals surface area contributed by atoms with E-state index >= 15 is 0 Å². The van der Waals surface area contributed by atoms with Gasteiger partial charge in [-0.15, -0.1) is 0 Å². The molecule has 0 aromatic rings.